The maximum absolute atomic E-state index is 13.2. The fourth-order valence-corrected chi connectivity index (χ4v) is 1.91. The molecule has 3 rings (SSSR count). The lowest BCUT2D eigenvalue weighted by Crippen LogP contribution is -2.06. The fraction of sp³-hybridized carbons (Fsp3) is 0.0769. The van der Waals surface area contributed by atoms with Crippen molar-refractivity contribution < 1.29 is 9.18 Å². The van der Waals surface area contributed by atoms with Gasteiger partial charge in [-0.1, -0.05) is 12.1 Å². The van der Waals surface area contributed by atoms with Gasteiger partial charge in [0.25, 0.3) is 0 Å². The molecule has 0 fully saturated rings. The summed E-state index contributed by atoms with van der Waals surface area (Å²) in [5, 5.41) is 4.59. The molecule has 6 heteroatoms. The van der Waals surface area contributed by atoms with E-state index in [1.165, 1.54) is 30.7 Å². The van der Waals surface area contributed by atoms with Crippen molar-refractivity contribution in [2.24, 2.45) is 7.05 Å². The molecule has 0 atom stereocenters. The van der Waals surface area contributed by atoms with E-state index in [4.69, 9.17) is 0 Å². The quantitative estimate of drug-likeness (QED) is 0.655. The van der Waals surface area contributed by atoms with Crippen LogP contribution in [0.3, 0.4) is 0 Å². The third kappa shape index (κ3) is 1.87. The number of hydrogen-bond acceptors (Lipinski definition) is 4. The Morgan fingerprint density at radius 1 is 1.32 bits per heavy atom. The number of hydrogen-bond donors (Lipinski definition) is 0. The lowest BCUT2D eigenvalue weighted by Gasteiger charge is -2.01. The summed E-state index contributed by atoms with van der Waals surface area (Å²) in [6, 6.07) is 5.52. The summed E-state index contributed by atoms with van der Waals surface area (Å²) < 4.78 is 14.7. The zero-order valence-corrected chi connectivity index (χ0v) is 10.0. The van der Waals surface area contributed by atoms with E-state index >= 15 is 0 Å². The van der Waals surface area contributed by atoms with E-state index in [1.54, 1.807) is 17.8 Å². The van der Waals surface area contributed by atoms with E-state index in [-0.39, 0.29) is 17.0 Å². The monoisotopic (exact) mass is 256 g/mol. The molecule has 94 valence electrons. The molecule has 3 aromatic rings. The van der Waals surface area contributed by atoms with E-state index in [0.717, 1.165) is 0 Å². The molecule has 1 aromatic carbocycles. The number of fused-ring (bicyclic) bond motifs is 1. The summed E-state index contributed by atoms with van der Waals surface area (Å²) in [4.78, 5) is 20.4. The van der Waals surface area contributed by atoms with Gasteiger partial charge in [-0.3, -0.25) is 9.48 Å². The van der Waals surface area contributed by atoms with Crippen LogP contribution in [0.2, 0.25) is 0 Å². The average molecular weight is 256 g/mol. The summed E-state index contributed by atoms with van der Waals surface area (Å²) in [5.41, 5.74) is 1.04. The zero-order chi connectivity index (χ0) is 13.4. The number of halogens is 1. The van der Waals surface area contributed by atoms with Gasteiger partial charge in [0.05, 0.1) is 11.6 Å². The SMILES string of the molecule is Cn1ncc2c(C(=O)c3cccc(F)c3)ncnc21. The summed E-state index contributed by atoms with van der Waals surface area (Å²) in [6.07, 6.45) is 2.83. The molecule has 0 saturated carbocycles. The molecule has 19 heavy (non-hydrogen) atoms. The van der Waals surface area contributed by atoms with Crippen molar-refractivity contribution in [3.8, 4) is 0 Å². The van der Waals surface area contributed by atoms with Crippen LogP contribution in [0.4, 0.5) is 4.39 Å². The Kier molecular flexibility index (Phi) is 2.56. The first-order chi connectivity index (χ1) is 9.16. The third-order valence-corrected chi connectivity index (χ3v) is 2.83. The lowest BCUT2D eigenvalue weighted by molar-refractivity contribution is 0.103. The molecular weight excluding hydrogens is 247 g/mol. The maximum atomic E-state index is 13.2. The summed E-state index contributed by atoms with van der Waals surface area (Å²) in [5.74, 6) is -0.803. The molecule has 2 aromatic heterocycles. The molecule has 0 unspecified atom stereocenters. The van der Waals surface area contributed by atoms with Gasteiger partial charge in [0.15, 0.2) is 5.65 Å². The number of benzene rings is 1. The smallest absolute Gasteiger partial charge is 0.212 e. The van der Waals surface area contributed by atoms with E-state index in [0.29, 0.717) is 11.0 Å². The predicted octanol–water partition coefficient (Wildman–Crippen LogP) is 1.73. The minimum atomic E-state index is -0.456. The van der Waals surface area contributed by atoms with Crippen LogP contribution in [0.1, 0.15) is 16.1 Å². The van der Waals surface area contributed by atoms with Crippen molar-refractivity contribution in [2.45, 2.75) is 0 Å². The molecule has 0 aliphatic rings. The molecule has 0 amide bonds. The predicted molar refractivity (Wildman–Crippen MR) is 66.1 cm³/mol. The highest BCUT2D eigenvalue weighted by atomic mass is 19.1. The Balaban J connectivity index is 2.17. The van der Waals surface area contributed by atoms with Crippen LogP contribution in [0, 0.1) is 5.82 Å². The normalized spacial score (nSPS) is 10.8. The van der Waals surface area contributed by atoms with Crippen LogP contribution in [0.5, 0.6) is 0 Å². The zero-order valence-electron chi connectivity index (χ0n) is 10.0. The van der Waals surface area contributed by atoms with E-state index in [2.05, 4.69) is 15.1 Å². The fourth-order valence-electron chi connectivity index (χ4n) is 1.91. The number of ketones is 1. The van der Waals surface area contributed by atoms with Crippen LogP contribution in [-0.2, 0) is 7.05 Å². The highest BCUT2D eigenvalue weighted by molar-refractivity contribution is 6.14. The molecule has 5 nitrogen and oxygen atoms in total. The van der Waals surface area contributed by atoms with Crippen molar-refractivity contribution in [3.63, 3.8) is 0 Å². The molecular formula is C13H9FN4O. The second kappa shape index (κ2) is 4.24. The largest absolute Gasteiger partial charge is 0.287 e. The molecule has 0 spiro atoms. The molecule has 2 heterocycles. The minimum Gasteiger partial charge on any atom is -0.287 e. The van der Waals surface area contributed by atoms with Gasteiger partial charge in [0.1, 0.15) is 17.8 Å². The minimum absolute atomic E-state index is 0.226. The van der Waals surface area contributed by atoms with Gasteiger partial charge in [0, 0.05) is 12.6 Å². The lowest BCUT2D eigenvalue weighted by atomic mass is 10.1. The van der Waals surface area contributed by atoms with Crippen molar-refractivity contribution in [2.75, 3.05) is 0 Å². The van der Waals surface area contributed by atoms with Crippen molar-refractivity contribution in [3.05, 3.63) is 53.9 Å². The van der Waals surface area contributed by atoms with Crippen LogP contribution in [-0.4, -0.2) is 25.5 Å². The second-order valence-electron chi connectivity index (χ2n) is 4.07. The van der Waals surface area contributed by atoms with Crippen LogP contribution in [0.15, 0.2) is 36.8 Å². The molecule has 0 radical (unpaired) electrons. The summed E-state index contributed by atoms with van der Waals surface area (Å²) >= 11 is 0. The number of carbonyl (C=O) groups excluding carboxylic acids is 1. The molecule has 0 aliphatic carbocycles. The van der Waals surface area contributed by atoms with Gasteiger partial charge >= 0.3 is 0 Å². The number of aromatic nitrogens is 4. The van der Waals surface area contributed by atoms with Gasteiger partial charge in [-0.25, -0.2) is 14.4 Å². The van der Waals surface area contributed by atoms with Crippen molar-refractivity contribution >= 4 is 16.8 Å². The Bertz CT molecular complexity index is 781. The second-order valence-corrected chi connectivity index (χ2v) is 4.07. The Morgan fingerprint density at radius 2 is 2.16 bits per heavy atom. The highest BCUT2D eigenvalue weighted by Crippen LogP contribution is 2.17. The highest BCUT2D eigenvalue weighted by Gasteiger charge is 2.17. The Labute approximate surface area is 107 Å². The van der Waals surface area contributed by atoms with E-state index in [9.17, 15) is 9.18 Å². The summed E-state index contributed by atoms with van der Waals surface area (Å²) in [6.45, 7) is 0. The molecule has 0 saturated heterocycles. The van der Waals surface area contributed by atoms with Crippen LogP contribution in [0.25, 0.3) is 11.0 Å². The van der Waals surface area contributed by atoms with Gasteiger partial charge in [0.2, 0.25) is 5.78 Å². The van der Waals surface area contributed by atoms with Gasteiger partial charge in [-0.05, 0) is 12.1 Å². The molecule has 0 N–H and O–H groups in total. The summed E-state index contributed by atoms with van der Waals surface area (Å²) in [7, 11) is 1.73. The van der Waals surface area contributed by atoms with Gasteiger partial charge < -0.3 is 0 Å². The first-order valence-electron chi connectivity index (χ1n) is 5.60. The van der Waals surface area contributed by atoms with E-state index < -0.39 is 5.82 Å². The Hall–Kier alpha value is -2.63. The average Bonchev–Trinajstić information content (AvgIpc) is 2.80. The topological polar surface area (TPSA) is 60.7 Å². The Morgan fingerprint density at radius 3 is 2.95 bits per heavy atom. The maximum Gasteiger partial charge on any atom is 0.212 e. The first kappa shape index (κ1) is 11.5. The first-order valence-corrected chi connectivity index (χ1v) is 5.60. The van der Waals surface area contributed by atoms with Gasteiger partial charge in [-0.2, -0.15) is 5.10 Å². The number of carbonyl (C=O) groups is 1. The van der Waals surface area contributed by atoms with Gasteiger partial charge in [-0.15, -0.1) is 0 Å². The standard InChI is InChI=1S/C13H9FN4O/c1-18-13-10(6-17-18)11(15-7-16-13)12(19)8-3-2-4-9(14)5-8/h2-7H,1H3. The number of nitrogens with zero attached hydrogens (tertiary/aromatic N) is 4. The third-order valence-electron chi connectivity index (χ3n) is 2.83. The van der Waals surface area contributed by atoms with Crippen LogP contribution >= 0.6 is 0 Å². The number of rotatable bonds is 2. The van der Waals surface area contributed by atoms with Crippen molar-refractivity contribution in [1.82, 2.24) is 19.7 Å². The van der Waals surface area contributed by atoms with E-state index in [1.807, 2.05) is 0 Å². The number of aryl methyl sites for hydroxylation is 1. The van der Waals surface area contributed by atoms with Crippen LogP contribution < -0.4 is 0 Å². The van der Waals surface area contributed by atoms with Crippen molar-refractivity contribution in [1.29, 1.82) is 0 Å². The molecule has 0 bridgehead atoms. The molecule has 0 aliphatic heterocycles.